The highest BCUT2D eigenvalue weighted by atomic mass is 79.9. The van der Waals surface area contributed by atoms with Gasteiger partial charge in [0.15, 0.2) is 0 Å². The maximum Gasteiger partial charge on any atom is 0.254 e. The molecule has 0 aliphatic carbocycles. The van der Waals surface area contributed by atoms with Crippen molar-refractivity contribution in [2.45, 2.75) is 34.2 Å². The molecule has 1 aromatic heterocycles. The second kappa shape index (κ2) is 8.77. The summed E-state index contributed by atoms with van der Waals surface area (Å²) < 4.78 is 13.9. The molecule has 25 heavy (non-hydrogen) atoms. The molecular weight excluding hydrogens is 382 g/mol. The first-order chi connectivity index (χ1) is 11.9. The van der Waals surface area contributed by atoms with Crippen molar-refractivity contribution in [3.05, 3.63) is 55.9 Å². The summed E-state index contributed by atoms with van der Waals surface area (Å²) in [4.78, 5) is 11.9. The summed E-state index contributed by atoms with van der Waals surface area (Å²) in [7, 11) is 0. The number of halogens is 1. The Kier molecular flexibility index (Phi) is 6.72. The van der Waals surface area contributed by atoms with Crippen LogP contribution in [0.1, 0.15) is 23.7 Å². The van der Waals surface area contributed by atoms with E-state index in [4.69, 9.17) is 9.47 Å². The lowest BCUT2D eigenvalue weighted by Gasteiger charge is -2.10. The number of aryl methyl sites for hydroxylation is 3. The molecule has 0 fully saturated rings. The van der Waals surface area contributed by atoms with Gasteiger partial charge in [-0.05, 0) is 66.9 Å². The van der Waals surface area contributed by atoms with Gasteiger partial charge in [-0.3, -0.25) is 4.79 Å². The van der Waals surface area contributed by atoms with E-state index in [1.165, 1.54) is 11.6 Å². The van der Waals surface area contributed by atoms with Crippen molar-refractivity contribution in [3.63, 3.8) is 0 Å². The number of ether oxygens (including phenoxy) is 2. The van der Waals surface area contributed by atoms with Gasteiger partial charge in [-0.1, -0.05) is 17.9 Å². The van der Waals surface area contributed by atoms with Crippen molar-refractivity contribution in [2.75, 3.05) is 13.2 Å². The van der Waals surface area contributed by atoms with Crippen molar-refractivity contribution >= 4 is 15.9 Å². The van der Waals surface area contributed by atoms with E-state index < -0.39 is 0 Å². The zero-order chi connectivity index (χ0) is 18.4. The third kappa shape index (κ3) is 5.14. The van der Waals surface area contributed by atoms with Gasteiger partial charge in [-0.2, -0.15) is 0 Å². The molecule has 0 spiro atoms. The zero-order valence-corrected chi connectivity index (χ0v) is 16.6. The van der Waals surface area contributed by atoms with Crippen LogP contribution >= 0.6 is 15.9 Å². The normalized spacial score (nSPS) is 10.1. The van der Waals surface area contributed by atoms with E-state index in [1.54, 1.807) is 4.57 Å². The van der Waals surface area contributed by atoms with Gasteiger partial charge < -0.3 is 14.0 Å². The summed E-state index contributed by atoms with van der Waals surface area (Å²) in [6.07, 6.45) is 0. The molecule has 0 atom stereocenters. The van der Waals surface area contributed by atoms with Crippen LogP contribution < -0.4 is 15.0 Å². The van der Waals surface area contributed by atoms with Crippen molar-refractivity contribution in [3.8, 4) is 23.3 Å². The van der Waals surface area contributed by atoms with Gasteiger partial charge in [0.1, 0.15) is 24.7 Å². The van der Waals surface area contributed by atoms with Gasteiger partial charge in [0.2, 0.25) is 0 Å². The Labute approximate surface area is 156 Å². The van der Waals surface area contributed by atoms with Crippen LogP contribution in [-0.2, 0) is 6.54 Å². The molecular formula is C20H22BrNO3. The molecule has 4 nitrogen and oxygen atoms in total. The molecule has 0 aliphatic heterocycles. The second-order valence-corrected chi connectivity index (χ2v) is 6.59. The van der Waals surface area contributed by atoms with Crippen molar-refractivity contribution in [2.24, 2.45) is 0 Å². The second-order valence-electron chi connectivity index (χ2n) is 5.74. The minimum atomic E-state index is -0.0616. The quantitative estimate of drug-likeness (QED) is 0.707. The molecule has 5 heteroatoms. The molecule has 2 aromatic rings. The fourth-order valence-electron chi connectivity index (χ4n) is 2.60. The van der Waals surface area contributed by atoms with E-state index >= 15 is 0 Å². The number of pyridine rings is 1. The Hall–Kier alpha value is -2.19. The lowest BCUT2D eigenvalue weighted by atomic mass is 10.1. The van der Waals surface area contributed by atoms with Crippen LogP contribution in [0.25, 0.3) is 0 Å². The first-order valence-electron chi connectivity index (χ1n) is 8.12. The SMILES string of the molecule is CCn1c(C)cc(OCC#CCOc2c(C)cc(C)cc2Br)cc1=O. The summed E-state index contributed by atoms with van der Waals surface area (Å²) in [5, 5.41) is 0. The topological polar surface area (TPSA) is 40.5 Å². The smallest absolute Gasteiger partial charge is 0.254 e. The van der Waals surface area contributed by atoms with E-state index in [-0.39, 0.29) is 18.8 Å². The molecule has 1 aromatic carbocycles. The number of benzene rings is 1. The van der Waals surface area contributed by atoms with Gasteiger partial charge >= 0.3 is 0 Å². The van der Waals surface area contributed by atoms with Crippen molar-refractivity contribution in [1.29, 1.82) is 0 Å². The van der Waals surface area contributed by atoms with Gasteiger partial charge in [-0.25, -0.2) is 0 Å². The summed E-state index contributed by atoms with van der Waals surface area (Å²) >= 11 is 3.51. The molecule has 0 N–H and O–H groups in total. The van der Waals surface area contributed by atoms with Crippen LogP contribution in [-0.4, -0.2) is 17.8 Å². The Morgan fingerprint density at radius 2 is 1.72 bits per heavy atom. The molecule has 0 saturated heterocycles. The molecule has 0 radical (unpaired) electrons. The first kappa shape index (κ1) is 19.1. The van der Waals surface area contributed by atoms with Crippen LogP contribution in [0.5, 0.6) is 11.5 Å². The van der Waals surface area contributed by atoms with Gasteiger partial charge in [0.25, 0.3) is 5.56 Å². The third-order valence-electron chi connectivity index (χ3n) is 3.72. The number of hydrogen-bond donors (Lipinski definition) is 0. The Balaban J connectivity index is 1.89. The van der Waals surface area contributed by atoms with Crippen LogP contribution in [0.2, 0.25) is 0 Å². The minimum Gasteiger partial charge on any atom is -0.481 e. The third-order valence-corrected chi connectivity index (χ3v) is 4.31. The van der Waals surface area contributed by atoms with Crippen molar-refractivity contribution in [1.82, 2.24) is 4.57 Å². The summed E-state index contributed by atoms with van der Waals surface area (Å²) in [5.74, 6) is 7.17. The highest BCUT2D eigenvalue weighted by Crippen LogP contribution is 2.29. The predicted octanol–water partition coefficient (Wildman–Crippen LogP) is 4.02. The van der Waals surface area contributed by atoms with Crippen LogP contribution in [0.15, 0.2) is 33.5 Å². The fraction of sp³-hybridized carbons (Fsp3) is 0.350. The highest BCUT2D eigenvalue weighted by Gasteiger charge is 2.05. The van der Waals surface area contributed by atoms with E-state index in [2.05, 4.69) is 33.8 Å². The largest absolute Gasteiger partial charge is 0.481 e. The standard InChI is InChI=1S/C20H22BrNO3/c1-5-22-16(4)12-17(13-19(22)23)24-8-6-7-9-25-20-15(3)10-14(2)11-18(20)21/h10-13H,5,8-9H2,1-4H3. The molecule has 0 unspecified atom stereocenters. The molecule has 0 bridgehead atoms. The Morgan fingerprint density at radius 1 is 1.04 bits per heavy atom. The molecule has 0 aliphatic rings. The summed E-state index contributed by atoms with van der Waals surface area (Å²) in [5.41, 5.74) is 3.06. The van der Waals surface area contributed by atoms with E-state index in [0.717, 1.165) is 21.5 Å². The summed E-state index contributed by atoms with van der Waals surface area (Å²) in [6.45, 7) is 9.02. The minimum absolute atomic E-state index is 0.0616. The highest BCUT2D eigenvalue weighted by molar-refractivity contribution is 9.10. The first-order valence-corrected chi connectivity index (χ1v) is 8.91. The zero-order valence-electron chi connectivity index (χ0n) is 15.0. The monoisotopic (exact) mass is 403 g/mol. The molecule has 2 rings (SSSR count). The Morgan fingerprint density at radius 3 is 2.32 bits per heavy atom. The van der Waals surface area contributed by atoms with Crippen LogP contribution in [0, 0.1) is 32.6 Å². The number of aromatic nitrogens is 1. The lowest BCUT2D eigenvalue weighted by Crippen LogP contribution is -2.20. The van der Waals surface area contributed by atoms with Crippen LogP contribution in [0.3, 0.4) is 0 Å². The van der Waals surface area contributed by atoms with Gasteiger partial charge in [0, 0.05) is 18.3 Å². The van der Waals surface area contributed by atoms with E-state index in [0.29, 0.717) is 12.3 Å². The maximum absolute atomic E-state index is 11.9. The summed E-state index contributed by atoms with van der Waals surface area (Å²) in [6, 6.07) is 7.41. The van der Waals surface area contributed by atoms with Gasteiger partial charge in [0.05, 0.1) is 4.47 Å². The average molecular weight is 404 g/mol. The van der Waals surface area contributed by atoms with E-state index in [1.807, 2.05) is 39.8 Å². The number of hydrogen-bond acceptors (Lipinski definition) is 3. The van der Waals surface area contributed by atoms with Crippen molar-refractivity contribution < 1.29 is 9.47 Å². The molecule has 132 valence electrons. The Bertz CT molecular complexity index is 852. The van der Waals surface area contributed by atoms with Gasteiger partial charge in [-0.15, -0.1) is 0 Å². The fourth-order valence-corrected chi connectivity index (χ4v) is 3.39. The van der Waals surface area contributed by atoms with E-state index in [9.17, 15) is 4.79 Å². The molecule has 1 heterocycles. The molecule has 0 amide bonds. The average Bonchev–Trinajstić information content (AvgIpc) is 2.52. The number of rotatable bonds is 5. The molecule has 0 saturated carbocycles. The maximum atomic E-state index is 11.9. The predicted molar refractivity (Wildman–Crippen MR) is 103 cm³/mol. The number of nitrogens with zero attached hydrogens (tertiary/aromatic N) is 1. The van der Waals surface area contributed by atoms with Crippen LogP contribution in [0.4, 0.5) is 0 Å². The lowest BCUT2D eigenvalue weighted by molar-refractivity contribution is 0.358.